The Morgan fingerprint density at radius 1 is 0.828 bits per heavy atom. The van der Waals surface area contributed by atoms with Crippen LogP contribution in [0, 0.1) is 0 Å². The fourth-order valence-corrected chi connectivity index (χ4v) is 4.35. The Morgan fingerprint density at radius 2 is 1.38 bits per heavy atom. The van der Waals surface area contributed by atoms with Gasteiger partial charge in [0, 0.05) is 32.1 Å². The Kier molecular flexibility index (Phi) is 5.17. The van der Waals surface area contributed by atoms with E-state index in [9.17, 15) is 0 Å². The van der Waals surface area contributed by atoms with Crippen molar-refractivity contribution in [1.29, 1.82) is 0 Å². The molecule has 5 nitrogen and oxygen atoms in total. The molecule has 1 aliphatic heterocycles. The van der Waals surface area contributed by atoms with E-state index in [1.54, 1.807) is 0 Å². The van der Waals surface area contributed by atoms with E-state index in [0.29, 0.717) is 12.0 Å². The van der Waals surface area contributed by atoms with E-state index in [0.717, 1.165) is 37.9 Å². The lowest BCUT2D eigenvalue weighted by Crippen LogP contribution is -2.48. The van der Waals surface area contributed by atoms with Crippen LogP contribution in [0.25, 0.3) is 0 Å². The second-order valence-electron chi connectivity index (χ2n) is 8.24. The molecule has 2 aliphatic rings. The van der Waals surface area contributed by atoms with Crippen LogP contribution in [0.1, 0.15) is 60.6 Å². The Hall–Kier alpha value is -2.50. The van der Waals surface area contributed by atoms with Crippen molar-refractivity contribution < 1.29 is 4.52 Å². The van der Waals surface area contributed by atoms with Gasteiger partial charge >= 0.3 is 0 Å². The highest BCUT2D eigenvalue weighted by Gasteiger charge is 2.32. The number of aromatic nitrogens is 2. The van der Waals surface area contributed by atoms with Crippen molar-refractivity contribution in [3.05, 3.63) is 83.5 Å². The predicted octanol–water partition coefficient (Wildman–Crippen LogP) is 4.42. The average molecular weight is 389 g/mol. The topological polar surface area (TPSA) is 45.4 Å². The third-order valence-corrected chi connectivity index (χ3v) is 6.25. The van der Waals surface area contributed by atoms with E-state index in [1.807, 2.05) is 0 Å². The molecular weight excluding hydrogens is 360 g/mol. The summed E-state index contributed by atoms with van der Waals surface area (Å²) in [6, 6.07) is 22.1. The van der Waals surface area contributed by atoms with Crippen LogP contribution in [0.5, 0.6) is 0 Å². The number of hydrogen-bond acceptors (Lipinski definition) is 5. The first kappa shape index (κ1) is 18.5. The van der Waals surface area contributed by atoms with Crippen molar-refractivity contribution in [3.8, 4) is 0 Å². The van der Waals surface area contributed by atoms with Crippen molar-refractivity contribution in [3.63, 3.8) is 0 Å². The van der Waals surface area contributed by atoms with Gasteiger partial charge in [0.15, 0.2) is 5.82 Å². The van der Waals surface area contributed by atoms with Crippen LogP contribution in [-0.4, -0.2) is 46.1 Å². The third-order valence-electron chi connectivity index (χ3n) is 6.25. The SMILES string of the molecule is CC(c1nc(C2CC2)no1)N1CCN(C(c2ccccc2)c2ccccc2)CC1. The molecule has 1 saturated carbocycles. The van der Waals surface area contributed by atoms with Gasteiger partial charge in [-0.2, -0.15) is 4.98 Å². The maximum Gasteiger partial charge on any atom is 0.243 e. The summed E-state index contributed by atoms with van der Waals surface area (Å²) >= 11 is 0. The van der Waals surface area contributed by atoms with Gasteiger partial charge in [-0.15, -0.1) is 0 Å². The summed E-state index contributed by atoms with van der Waals surface area (Å²) in [5.41, 5.74) is 2.71. The molecule has 1 atom stereocenters. The summed E-state index contributed by atoms with van der Waals surface area (Å²) in [5, 5.41) is 4.19. The Labute approximate surface area is 172 Å². The molecule has 1 aliphatic carbocycles. The second-order valence-corrected chi connectivity index (χ2v) is 8.24. The monoisotopic (exact) mass is 388 g/mol. The maximum absolute atomic E-state index is 5.58. The normalized spacial score (nSPS) is 19.5. The van der Waals surface area contributed by atoms with Gasteiger partial charge in [-0.3, -0.25) is 9.80 Å². The minimum atomic E-state index is 0.170. The molecule has 0 spiro atoms. The minimum absolute atomic E-state index is 0.170. The molecule has 1 aromatic heterocycles. The fraction of sp³-hybridized carbons (Fsp3) is 0.417. The number of piperazine rings is 1. The van der Waals surface area contributed by atoms with Crippen molar-refractivity contribution in [2.24, 2.45) is 0 Å². The van der Waals surface area contributed by atoms with Crippen LogP contribution in [0.4, 0.5) is 0 Å². The Bertz CT molecular complexity index is 875. The van der Waals surface area contributed by atoms with E-state index in [-0.39, 0.29) is 6.04 Å². The summed E-state index contributed by atoms with van der Waals surface area (Å²) in [6.07, 6.45) is 2.40. The molecule has 0 amide bonds. The first-order chi connectivity index (χ1) is 14.3. The molecule has 5 rings (SSSR count). The fourth-order valence-electron chi connectivity index (χ4n) is 4.35. The molecule has 0 N–H and O–H groups in total. The summed E-state index contributed by atoms with van der Waals surface area (Å²) < 4.78 is 5.58. The summed E-state index contributed by atoms with van der Waals surface area (Å²) in [6.45, 7) is 6.22. The number of hydrogen-bond donors (Lipinski definition) is 0. The number of rotatable bonds is 6. The van der Waals surface area contributed by atoms with Crippen molar-refractivity contribution >= 4 is 0 Å². The van der Waals surface area contributed by atoms with Gasteiger partial charge in [0.2, 0.25) is 5.89 Å². The zero-order valence-electron chi connectivity index (χ0n) is 16.9. The van der Waals surface area contributed by atoms with Crippen LogP contribution in [0.2, 0.25) is 0 Å². The van der Waals surface area contributed by atoms with Gasteiger partial charge < -0.3 is 4.52 Å². The maximum atomic E-state index is 5.58. The van der Waals surface area contributed by atoms with E-state index in [1.165, 1.54) is 24.0 Å². The highest BCUT2D eigenvalue weighted by molar-refractivity contribution is 5.32. The van der Waals surface area contributed by atoms with Crippen LogP contribution < -0.4 is 0 Å². The van der Waals surface area contributed by atoms with Gasteiger partial charge in [-0.05, 0) is 30.9 Å². The number of benzene rings is 2. The van der Waals surface area contributed by atoms with E-state index in [2.05, 4.69) is 87.5 Å². The van der Waals surface area contributed by atoms with Gasteiger partial charge in [-0.1, -0.05) is 65.8 Å². The zero-order valence-corrected chi connectivity index (χ0v) is 16.9. The third kappa shape index (κ3) is 3.98. The predicted molar refractivity (Wildman–Crippen MR) is 113 cm³/mol. The molecule has 3 aromatic rings. The van der Waals surface area contributed by atoms with Crippen LogP contribution in [-0.2, 0) is 0 Å². The molecule has 0 bridgehead atoms. The summed E-state index contributed by atoms with van der Waals surface area (Å²) in [7, 11) is 0. The van der Waals surface area contributed by atoms with E-state index < -0.39 is 0 Å². The molecule has 150 valence electrons. The first-order valence-electron chi connectivity index (χ1n) is 10.7. The highest BCUT2D eigenvalue weighted by Crippen LogP contribution is 2.39. The van der Waals surface area contributed by atoms with Gasteiger partial charge in [0.25, 0.3) is 0 Å². The largest absolute Gasteiger partial charge is 0.338 e. The molecule has 2 aromatic carbocycles. The Morgan fingerprint density at radius 3 is 1.93 bits per heavy atom. The number of nitrogens with zero attached hydrogens (tertiary/aromatic N) is 4. The standard InChI is InChI=1S/C24H28N4O/c1-18(24-25-23(26-29-24)21-12-13-21)27-14-16-28(17-15-27)22(19-8-4-2-5-9-19)20-10-6-3-7-11-20/h2-11,18,21-22H,12-17H2,1H3. The zero-order chi connectivity index (χ0) is 19.6. The lowest BCUT2D eigenvalue weighted by molar-refractivity contribution is 0.0726. The molecule has 2 heterocycles. The summed E-state index contributed by atoms with van der Waals surface area (Å²) in [5.74, 6) is 2.20. The molecular formula is C24H28N4O. The van der Waals surface area contributed by atoms with E-state index >= 15 is 0 Å². The molecule has 29 heavy (non-hydrogen) atoms. The second kappa shape index (κ2) is 8.09. The Balaban J connectivity index is 1.30. The molecule has 5 heteroatoms. The first-order valence-corrected chi connectivity index (χ1v) is 10.7. The van der Waals surface area contributed by atoms with Crippen LogP contribution in [0.15, 0.2) is 65.2 Å². The van der Waals surface area contributed by atoms with Crippen molar-refractivity contribution in [2.45, 2.75) is 37.8 Å². The highest BCUT2D eigenvalue weighted by atomic mass is 16.5. The molecule has 1 saturated heterocycles. The smallest absolute Gasteiger partial charge is 0.243 e. The van der Waals surface area contributed by atoms with Crippen molar-refractivity contribution in [2.75, 3.05) is 26.2 Å². The molecule has 2 fully saturated rings. The molecule has 0 radical (unpaired) electrons. The quantitative estimate of drug-likeness (QED) is 0.626. The van der Waals surface area contributed by atoms with Gasteiger partial charge in [0.05, 0.1) is 12.1 Å². The lowest BCUT2D eigenvalue weighted by atomic mass is 9.96. The average Bonchev–Trinajstić information content (AvgIpc) is 3.52. The summed E-state index contributed by atoms with van der Waals surface area (Å²) in [4.78, 5) is 9.72. The van der Waals surface area contributed by atoms with Gasteiger partial charge in [-0.25, -0.2) is 0 Å². The van der Waals surface area contributed by atoms with Gasteiger partial charge in [0.1, 0.15) is 0 Å². The minimum Gasteiger partial charge on any atom is -0.338 e. The van der Waals surface area contributed by atoms with Crippen LogP contribution in [0.3, 0.4) is 0 Å². The molecule has 1 unspecified atom stereocenters. The lowest BCUT2D eigenvalue weighted by Gasteiger charge is -2.41. The van der Waals surface area contributed by atoms with Crippen LogP contribution >= 0.6 is 0 Å². The van der Waals surface area contributed by atoms with Crippen molar-refractivity contribution in [1.82, 2.24) is 19.9 Å². The van der Waals surface area contributed by atoms with E-state index in [4.69, 9.17) is 4.52 Å².